The quantitative estimate of drug-likeness (QED) is 0.793. The fourth-order valence-corrected chi connectivity index (χ4v) is 4.38. The predicted molar refractivity (Wildman–Crippen MR) is 113 cm³/mol. The molecule has 2 amide bonds. The number of amides is 2. The van der Waals surface area contributed by atoms with Crippen LogP contribution < -0.4 is 0 Å². The lowest BCUT2D eigenvalue weighted by molar-refractivity contribution is -0.159. The number of hydrogen-bond acceptors (Lipinski definition) is 4. The van der Waals surface area contributed by atoms with E-state index in [2.05, 4.69) is 23.7 Å². The van der Waals surface area contributed by atoms with Crippen LogP contribution in [0.1, 0.15) is 47.3 Å². The van der Waals surface area contributed by atoms with Gasteiger partial charge in [-0.25, -0.2) is 0 Å². The minimum absolute atomic E-state index is 0.0150. The summed E-state index contributed by atoms with van der Waals surface area (Å²) in [7, 11) is 0. The van der Waals surface area contributed by atoms with Crippen molar-refractivity contribution in [2.24, 2.45) is 0 Å². The third-order valence-corrected chi connectivity index (χ3v) is 5.83. The second-order valence-corrected chi connectivity index (χ2v) is 7.72. The lowest BCUT2D eigenvalue weighted by Gasteiger charge is -2.58. The van der Waals surface area contributed by atoms with Crippen molar-refractivity contribution in [1.29, 1.82) is 0 Å². The van der Waals surface area contributed by atoms with Crippen LogP contribution in [0.3, 0.4) is 0 Å². The summed E-state index contributed by atoms with van der Waals surface area (Å²) in [6.45, 7) is 2.45. The third kappa shape index (κ3) is 3.69. The Balaban J connectivity index is 1.54. The maximum Gasteiger partial charge on any atom is 0.272 e. The standard InChI is InChI=1S/C24H25N3O3/c1-2-3-4-7-17-9-11-18(12-10-17)23-20-14-26(15-22(29)27(20)21(23)16-28)24(30)19-8-5-6-13-25-19/h5-6,8-13,20-21,23,28H,2-3,14-16H2,1H3/t20-,21+,23+/m1/s1. The maximum absolute atomic E-state index is 12.8. The van der Waals surface area contributed by atoms with Gasteiger partial charge in [0.2, 0.25) is 5.91 Å². The Hall–Kier alpha value is -3.17. The Morgan fingerprint density at radius 2 is 2.03 bits per heavy atom. The Bertz CT molecular complexity index is 978. The van der Waals surface area contributed by atoms with Gasteiger partial charge in [0.05, 0.1) is 18.7 Å². The van der Waals surface area contributed by atoms with Crippen molar-refractivity contribution in [2.75, 3.05) is 19.7 Å². The number of aliphatic hydroxyl groups is 1. The summed E-state index contributed by atoms with van der Waals surface area (Å²) in [4.78, 5) is 33.0. The molecule has 2 fully saturated rings. The van der Waals surface area contributed by atoms with Crippen LogP contribution in [0, 0.1) is 11.8 Å². The molecule has 2 saturated heterocycles. The van der Waals surface area contributed by atoms with Crippen molar-refractivity contribution in [3.8, 4) is 11.8 Å². The first-order valence-electron chi connectivity index (χ1n) is 10.3. The van der Waals surface area contributed by atoms with E-state index < -0.39 is 0 Å². The second-order valence-electron chi connectivity index (χ2n) is 7.72. The number of carbonyl (C=O) groups is 2. The van der Waals surface area contributed by atoms with Crippen LogP contribution in [-0.2, 0) is 4.79 Å². The van der Waals surface area contributed by atoms with Gasteiger partial charge in [-0.2, -0.15) is 0 Å². The van der Waals surface area contributed by atoms with Crippen LogP contribution in [0.25, 0.3) is 0 Å². The molecule has 1 aromatic carbocycles. The molecule has 0 unspecified atom stereocenters. The van der Waals surface area contributed by atoms with Gasteiger partial charge >= 0.3 is 0 Å². The van der Waals surface area contributed by atoms with Gasteiger partial charge in [-0.1, -0.05) is 37.0 Å². The maximum atomic E-state index is 12.8. The van der Waals surface area contributed by atoms with Crippen molar-refractivity contribution in [3.63, 3.8) is 0 Å². The van der Waals surface area contributed by atoms with E-state index >= 15 is 0 Å². The van der Waals surface area contributed by atoms with Crippen LogP contribution in [-0.4, -0.2) is 63.5 Å². The number of unbranched alkanes of at least 4 members (excludes halogenated alkanes) is 1. The van der Waals surface area contributed by atoms with Crippen LogP contribution in [0.2, 0.25) is 0 Å². The molecule has 1 aromatic heterocycles. The number of piperazine rings is 1. The Labute approximate surface area is 176 Å². The van der Waals surface area contributed by atoms with E-state index in [1.807, 2.05) is 24.3 Å². The molecule has 2 aliphatic heterocycles. The van der Waals surface area contributed by atoms with Crippen molar-refractivity contribution in [1.82, 2.24) is 14.8 Å². The van der Waals surface area contributed by atoms with E-state index in [-0.39, 0.29) is 43.0 Å². The minimum atomic E-state index is -0.258. The average Bonchev–Trinajstić information content (AvgIpc) is 2.76. The van der Waals surface area contributed by atoms with Gasteiger partial charge in [-0.15, -0.1) is 0 Å². The number of hydrogen-bond donors (Lipinski definition) is 1. The molecule has 4 rings (SSSR count). The smallest absolute Gasteiger partial charge is 0.272 e. The molecular weight excluding hydrogens is 378 g/mol. The number of aliphatic hydroxyl groups excluding tert-OH is 1. The van der Waals surface area contributed by atoms with Gasteiger partial charge in [-0.3, -0.25) is 14.6 Å². The summed E-state index contributed by atoms with van der Waals surface area (Å²) in [5.41, 5.74) is 2.34. The number of rotatable bonds is 4. The second kappa shape index (κ2) is 8.68. The number of nitrogens with zero attached hydrogens (tertiary/aromatic N) is 3. The molecule has 3 heterocycles. The summed E-state index contributed by atoms with van der Waals surface area (Å²) in [6.07, 6.45) is 3.48. The Morgan fingerprint density at radius 3 is 2.70 bits per heavy atom. The molecular formula is C24H25N3O3. The van der Waals surface area contributed by atoms with Gasteiger partial charge in [0, 0.05) is 30.6 Å². The lowest BCUT2D eigenvalue weighted by atomic mass is 9.73. The van der Waals surface area contributed by atoms with E-state index in [1.165, 1.54) is 0 Å². The predicted octanol–water partition coefficient (Wildman–Crippen LogP) is 2.04. The van der Waals surface area contributed by atoms with Crippen LogP contribution in [0.5, 0.6) is 0 Å². The zero-order valence-corrected chi connectivity index (χ0v) is 17.0. The van der Waals surface area contributed by atoms with Gasteiger partial charge in [0.25, 0.3) is 5.91 Å². The zero-order chi connectivity index (χ0) is 21.1. The fraction of sp³-hybridized carbons (Fsp3) is 0.375. The normalized spacial score (nSPS) is 22.6. The van der Waals surface area contributed by atoms with E-state index in [0.29, 0.717) is 12.2 Å². The largest absolute Gasteiger partial charge is 0.394 e. The minimum Gasteiger partial charge on any atom is -0.394 e. The lowest BCUT2D eigenvalue weighted by Crippen LogP contribution is -2.73. The molecule has 0 spiro atoms. The van der Waals surface area contributed by atoms with Crippen molar-refractivity contribution in [3.05, 3.63) is 65.5 Å². The number of benzene rings is 1. The molecule has 2 aliphatic rings. The summed E-state index contributed by atoms with van der Waals surface area (Å²) in [5.74, 6) is 5.90. The van der Waals surface area contributed by atoms with Crippen molar-refractivity contribution in [2.45, 2.75) is 37.8 Å². The molecule has 2 aromatic rings. The molecule has 0 radical (unpaired) electrons. The first-order chi connectivity index (χ1) is 14.6. The number of pyridine rings is 1. The third-order valence-electron chi connectivity index (χ3n) is 5.83. The Morgan fingerprint density at radius 1 is 1.23 bits per heavy atom. The average molecular weight is 403 g/mol. The van der Waals surface area contributed by atoms with Gasteiger partial charge in [-0.05, 0) is 36.2 Å². The zero-order valence-electron chi connectivity index (χ0n) is 17.0. The summed E-state index contributed by atoms with van der Waals surface area (Å²) < 4.78 is 0. The molecule has 6 nitrogen and oxygen atoms in total. The molecule has 30 heavy (non-hydrogen) atoms. The highest BCUT2D eigenvalue weighted by Gasteiger charge is 2.54. The Kier molecular flexibility index (Phi) is 5.82. The van der Waals surface area contributed by atoms with E-state index in [4.69, 9.17) is 0 Å². The van der Waals surface area contributed by atoms with E-state index in [1.54, 1.807) is 34.2 Å². The van der Waals surface area contributed by atoms with E-state index in [9.17, 15) is 14.7 Å². The number of aromatic nitrogens is 1. The first-order valence-corrected chi connectivity index (χ1v) is 10.3. The summed E-state index contributed by atoms with van der Waals surface area (Å²) in [6, 6.07) is 12.8. The molecule has 0 aliphatic carbocycles. The number of fused-ring (bicyclic) bond motifs is 1. The molecule has 0 saturated carbocycles. The van der Waals surface area contributed by atoms with E-state index in [0.717, 1.165) is 24.0 Å². The SMILES string of the molecule is CCCC#Cc1ccc([C@H]2[C@H]3CN(C(=O)c4ccccn4)CC(=O)N3[C@H]2CO)cc1. The highest BCUT2D eigenvalue weighted by molar-refractivity contribution is 5.96. The van der Waals surface area contributed by atoms with Crippen LogP contribution >= 0.6 is 0 Å². The molecule has 3 atom stereocenters. The number of carbonyl (C=O) groups excluding carboxylic acids is 2. The van der Waals surface area contributed by atoms with Gasteiger partial charge < -0.3 is 14.9 Å². The highest BCUT2D eigenvalue weighted by Crippen LogP contribution is 2.43. The van der Waals surface area contributed by atoms with Crippen molar-refractivity contribution >= 4 is 11.8 Å². The molecule has 154 valence electrons. The van der Waals surface area contributed by atoms with Gasteiger partial charge in [0.15, 0.2) is 0 Å². The summed E-state index contributed by atoms with van der Waals surface area (Å²) in [5, 5.41) is 9.92. The first kappa shape index (κ1) is 20.1. The highest BCUT2D eigenvalue weighted by atomic mass is 16.3. The van der Waals surface area contributed by atoms with Crippen molar-refractivity contribution < 1.29 is 14.7 Å². The monoisotopic (exact) mass is 403 g/mol. The molecule has 0 bridgehead atoms. The van der Waals surface area contributed by atoms with Crippen LogP contribution in [0.4, 0.5) is 0 Å². The molecule has 6 heteroatoms. The van der Waals surface area contributed by atoms with Gasteiger partial charge in [0.1, 0.15) is 12.2 Å². The topological polar surface area (TPSA) is 73.7 Å². The fourth-order valence-electron chi connectivity index (χ4n) is 4.38. The molecule has 1 N–H and O–H groups in total. The van der Waals surface area contributed by atoms with Crippen LogP contribution in [0.15, 0.2) is 48.7 Å². The summed E-state index contributed by atoms with van der Waals surface area (Å²) >= 11 is 0.